The fraction of sp³-hybridized carbons (Fsp3) is 0.429. The number of halogens is 2. The summed E-state index contributed by atoms with van der Waals surface area (Å²) in [4.78, 5) is 27.3. The van der Waals surface area contributed by atoms with Crippen LogP contribution in [0.4, 0.5) is 0 Å². The van der Waals surface area contributed by atoms with Gasteiger partial charge in [-0.3, -0.25) is 4.79 Å². The highest BCUT2D eigenvalue weighted by Crippen LogP contribution is 2.28. The third-order valence-electron chi connectivity index (χ3n) is 3.42. The summed E-state index contributed by atoms with van der Waals surface area (Å²) in [6.07, 6.45) is 4.22. The SMILES string of the molecule is N#CC1(NC(=O)COC(=O)c2cnc(Cl)c(Cl)c2)CCCC1. The standard InChI is InChI=1S/C14H13Cl2N3O3/c15-10-5-9(6-18-12(10)16)13(21)22-7-11(20)19-14(8-17)3-1-2-4-14/h5-6H,1-4,7H2,(H,19,20). The molecule has 2 rings (SSSR count). The Bertz CT molecular complexity index is 637. The van der Waals surface area contributed by atoms with E-state index in [0.29, 0.717) is 12.8 Å². The third-order valence-corrected chi connectivity index (χ3v) is 4.10. The van der Waals surface area contributed by atoms with Crippen molar-refractivity contribution in [2.45, 2.75) is 31.2 Å². The van der Waals surface area contributed by atoms with Gasteiger partial charge in [0.2, 0.25) is 0 Å². The first-order chi connectivity index (χ1) is 10.5. The zero-order chi connectivity index (χ0) is 16.2. The van der Waals surface area contributed by atoms with Gasteiger partial charge in [0.05, 0.1) is 16.7 Å². The van der Waals surface area contributed by atoms with Crippen molar-refractivity contribution >= 4 is 35.1 Å². The quantitative estimate of drug-likeness (QED) is 0.670. The normalized spacial score (nSPS) is 15.9. The minimum absolute atomic E-state index is 0.0770. The molecule has 0 bridgehead atoms. The lowest BCUT2D eigenvalue weighted by Gasteiger charge is -2.21. The van der Waals surface area contributed by atoms with E-state index in [9.17, 15) is 9.59 Å². The zero-order valence-corrected chi connectivity index (χ0v) is 13.1. The van der Waals surface area contributed by atoms with Crippen molar-refractivity contribution < 1.29 is 14.3 Å². The Morgan fingerprint density at radius 1 is 1.41 bits per heavy atom. The van der Waals surface area contributed by atoms with Crippen LogP contribution in [-0.2, 0) is 9.53 Å². The number of nitrogens with zero attached hydrogens (tertiary/aromatic N) is 2. The number of carbonyl (C=O) groups excluding carboxylic acids is 2. The van der Waals surface area contributed by atoms with E-state index in [1.54, 1.807) is 0 Å². The molecule has 1 heterocycles. The lowest BCUT2D eigenvalue weighted by molar-refractivity contribution is -0.125. The number of aromatic nitrogens is 1. The van der Waals surface area contributed by atoms with Crippen LogP contribution < -0.4 is 5.32 Å². The molecule has 0 saturated heterocycles. The number of esters is 1. The maximum atomic E-state index is 11.8. The Morgan fingerprint density at radius 2 is 2.09 bits per heavy atom. The Balaban J connectivity index is 1.89. The van der Waals surface area contributed by atoms with Gasteiger partial charge in [-0.1, -0.05) is 23.2 Å². The summed E-state index contributed by atoms with van der Waals surface area (Å²) >= 11 is 11.4. The van der Waals surface area contributed by atoms with E-state index in [1.165, 1.54) is 12.3 Å². The number of nitrogens with one attached hydrogen (secondary N) is 1. The lowest BCUT2D eigenvalue weighted by Crippen LogP contribution is -2.46. The number of pyridine rings is 1. The summed E-state index contributed by atoms with van der Waals surface area (Å²) in [5, 5.41) is 12.0. The van der Waals surface area contributed by atoms with E-state index in [1.807, 2.05) is 0 Å². The highest BCUT2D eigenvalue weighted by atomic mass is 35.5. The maximum Gasteiger partial charge on any atom is 0.340 e. The molecule has 1 saturated carbocycles. The van der Waals surface area contributed by atoms with Gasteiger partial charge in [0.15, 0.2) is 6.61 Å². The van der Waals surface area contributed by atoms with Gasteiger partial charge in [-0.15, -0.1) is 0 Å². The van der Waals surface area contributed by atoms with Gasteiger partial charge in [-0.2, -0.15) is 5.26 Å². The molecule has 1 N–H and O–H groups in total. The number of carbonyl (C=O) groups is 2. The number of hydrogen-bond donors (Lipinski definition) is 1. The van der Waals surface area contributed by atoms with Gasteiger partial charge in [-0.25, -0.2) is 9.78 Å². The minimum atomic E-state index is -0.839. The van der Waals surface area contributed by atoms with Crippen molar-refractivity contribution in [3.05, 3.63) is 28.0 Å². The molecule has 22 heavy (non-hydrogen) atoms. The largest absolute Gasteiger partial charge is 0.452 e. The second kappa shape index (κ2) is 6.95. The van der Waals surface area contributed by atoms with E-state index >= 15 is 0 Å². The van der Waals surface area contributed by atoms with Crippen LogP contribution in [-0.4, -0.2) is 29.0 Å². The van der Waals surface area contributed by atoms with Crippen LogP contribution in [0, 0.1) is 11.3 Å². The fourth-order valence-electron chi connectivity index (χ4n) is 2.29. The van der Waals surface area contributed by atoms with Gasteiger partial charge in [-0.05, 0) is 31.7 Å². The summed E-state index contributed by atoms with van der Waals surface area (Å²) in [7, 11) is 0. The zero-order valence-electron chi connectivity index (χ0n) is 11.6. The number of rotatable bonds is 4. The number of ether oxygens (including phenoxy) is 1. The Kier molecular flexibility index (Phi) is 5.22. The molecule has 8 heteroatoms. The maximum absolute atomic E-state index is 11.8. The molecule has 1 amide bonds. The van der Waals surface area contributed by atoms with Gasteiger partial charge < -0.3 is 10.1 Å². The molecule has 1 aliphatic rings. The van der Waals surface area contributed by atoms with Crippen LogP contribution in [0.3, 0.4) is 0 Å². The van der Waals surface area contributed by atoms with E-state index in [0.717, 1.165) is 12.8 Å². The first kappa shape index (κ1) is 16.5. The van der Waals surface area contributed by atoms with Gasteiger partial charge in [0, 0.05) is 6.20 Å². The second-order valence-corrected chi connectivity index (χ2v) is 5.79. The molecule has 0 radical (unpaired) electrons. The summed E-state index contributed by atoms with van der Waals surface area (Å²) < 4.78 is 4.88. The highest BCUT2D eigenvalue weighted by Gasteiger charge is 2.35. The molecule has 1 aliphatic carbocycles. The van der Waals surface area contributed by atoms with E-state index in [2.05, 4.69) is 16.4 Å². The molecule has 0 atom stereocenters. The first-order valence-corrected chi connectivity index (χ1v) is 7.42. The monoisotopic (exact) mass is 341 g/mol. The predicted molar refractivity (Wildman–Crippen MR) is 79.5 cm³/mol. The van der Waals surface area contributed by atoms with Crippen molar-refractivity contribution in [2.75, 3.05) is 6.61 Å². The van der Waals surface area contributed by atoms with Crippen molar-refractivity contribution in [2.24, 2.45) is 0 Å². The lowest BCUT2D eigenvalue weighted by atomic mass is 10.00. The second-order valence-electron chi connectivity index (χ2n) is 5.02. The molecule has 1 aromatic heterocycles. The van der Waals surface area contributed by atoms with Crippen molar-refractivity contribution in [1.82, 2.24) is 10.3 Å². The van der Waals surface area contributed by atoms with Crippen LogP contribution in [0.2, 0.25) is 10.2 Å². The molecular weight excluding hydrogens is 329 g/mol. The van der Waals surface area contributed by atoms with Gasteiger partial charge in [0.1, 0.15) is 10.7 Å². The minimum Gasteiger partial charge on any atom is -0.452 e. The Morgan fingerprint density at radius 3 is 2.68 bits per heavy atom. The first-order valence-electron chi connectivity index (χ1n) is 6.66. The summed E-state index contributed by atoms with van der Waals surface area (Å²) in [6, 6.07) is 3.44. The van der Waals surface area contributed by atoms with Gasteiger partial charge >= 0.3 is 5.97 Å². The fourth-order valence-corrected chi connectivity index (χ4v) is 2.56. The molecule has 0 spiro atoms. The van der Waals surface area contributed by atoms with E-state index in [-0.39, 0.29) is 15.7 Å². The van der Waals surface area contributed by atoms with Crippen LogP contribution in [0.25, 0.3) is 0 Å². The van der Waals surface area contributed by atoms with Gasteiger partial charge in [0.25, 0.3) is 5.91 Å². The average molecular weight is 342 g/mol. The summed E-state index contributed by atoms with van der Waals surface area (Å²) in [5.74, 6) is -1.25. The number of hydrogen-bond acceptors (Lipinski definition) is 5. The molecule has 0 unspecified atom stereocenters. The smallest absolute Gasteiger partial charge is 0.340 e. The molecule has 0 aromatic carbocycles. The topological polar surface area (TPSA) is 92.1 Å². The molecule has 0 aliphatic heterocycles. The Labute approximate surface area is 137 Å². The molecule has 6 nitrogen and oxygen atoms in total. The van der Waals surface area contributed by atoms with Crippen LogP contribution in [0.15, 0.2) is 12.3 Å². The molecule has 1 aromatic rings. The summed E-state index contributed by atoms with van der Waals surface area (Å²) in [5.41, 5.74) is -0.743. The average Bonchev–Trinajstić information content (AvgIpc) is 2.96. The third kappa shape index (κ3) is 3.87. The van der Waals surface area contributed by atoms with Crippen LogP contribution >= 0.6 is 23.2 Å². The van der Waals surface area contributed by atoms with Crippen molar-refractivity contribution in [3.63, 3.8) is 0 Å². The predicted octanol–water partition coefficient (Wildman–Crippen LogP) is 2.50. The van der Waals surface area contributed by atoms with Crippen LogP contribution in [0.5, 0.6) is 0 Å². The van der Waals surface area contributed by atoms with E-state index < -0.39 is 24.0 Å². The van der Waals surface area contributed by atoms with Crippen molar-refractivity contribution in [3.8, 4) is 6.07 Å². The van der Waals surface area contributed by atoms with Crippen LogP contribution in [0.1, 0.15) is 36.0 Å². The molecule has 116 valence electrons. The molecule has 1 fully saturated rings. The highest BCUT2D eigenvalue weighted by molar-refractivity contribution is 6.41. The van der Waals surface area contributed by atoms with E-state index in [4.69, 9.17) is 33.2 Å². The number of nitriles is 1. The summed E-state index contributed by atoms with van der Waals surface area (Å²) in [6.45, 7) is -0.470. The molecular formula is C14H13Cl2N3O3. The Hall–Kier alpha value is -1.84. The number of amides is 1. The van der Waals surface area contributed by atoms with Crippen molar-refractivity contribution in [1.29, 1.82) is 5.26 Å².